The summed E-state index contributed by atoms with van der Waals surface area (Å²) in [4.78, 5) is 11.6. The number of nitrogens with zero attached hydrogens (tertiary/aromatic N) is 2. The number of benzene rings is 2. The van der Waals surface area contributed by atoms with Gasteiger partial charge in [-0.1, -0.05) is 24.3 Å². The molecule has 0 aliphatic carbocycles. The number of amides is 1. The third-order valence-electron chi connectivity index (χ3n) is 4.40. The molecule has 0 radical (unpaired) electrons. The SMILES string of the molecule is [2H]C1([2H])CCNC[C@@H]1c1ccc(-n2cc3cccc(C(N)=O)c3n2)cc1. The molecule has 1 fully saturated rings. The molecule has 122 valence electrons. The van der Waals surface area contributed by atoms with Gasteiger partial charge in [-0.05, 0) is 49.0 Å². The molecule has 1 aliphatic rings. The smallest absolute Gasteiger partial charge is 0.250 e. The Morgan fingerprint density at radius 3 is 2.88 bits per heavy atom. The van der Waals surface area contributed by atoms with Gasteiger partial charge in [-0.15, -0.1) is 0 Å². The number of nitrogens with one attached hydrogen (secondary N) is 1. The third kappa shape index (κ3) is 2.67. The second-order valence-corrected chi connectivity index (χ2v) is 5.98. The maximum Gasteiger partial charge on any atom is 0.250 e. The van der Waals surface area contributed by atoms with Crippen molar-refractivity contribution in [3.05, 3.63) is 59.8 Å². The Balaban J connectivity index is 1.68. The van der Waals surface area contributed by atoms with Crippen molar-refractivity contribution < 1.29 is 7.54 Å². The van der Waals surface area contributed by atoms with E-state index in [-0.39, 0.29) is 5.92 Å². The molecule has 0 unspecified atom stereocenters. The van der Waals surface area contributed by atoms with Crippen LogP contribution < -0.4 is 11.1 Å². The van der Waals surface area contributed by atoms with Crippen LogP contribution in [0.25, 0.3) is 16.6 Å². The van der Waals surface area contributed by atoms with Crippen molar-refractivity contribution >= 4 is 16.8 Å². The number of hydrogen-bond donors (Lipinski definition) is 2. The lowest BCUT2D eigenvalue weighted by atomic mass is 9.92. The minimum Gasteiger partial charge on any atom is -0.366 e. The standard InChI is InChI=1S/C19H20N4O/c20-19(24)17-5-1-3-15-12-23(22-18(15)17)16-8-6-13(7-9-16)14-4-2-10-21-11-14/h1,3,5-9,12,14,21H,2,4,10-11H2,(H2,20,24)/t14-/m1/s1/i4D2. The van der Waals surface area contributed by atoms with E-state index in [0.717, 1.165) is 16.6 Å². The molecule has 1 saturated heterocycles. The lowest BCUT2D eigenvalue weighted by Gasteiger charge is -2.23. The highest BCUT2D eigenvalue weighted by atomic mass is 16.1. The number of carbonyl (C=O) groups is 1. The van der Waals surface area contributed by atoms with Gasteiger partial charge in [0.25, 0.3) is 5.91 Å². The van der Waals surface area contributed by atoms with Crippen molar-refractivity contribution in [2.75, 3.05) is 13.1 Å². The molecule has 5 nitrogen and oxygen atoms in total. The summed E-state index contributed by atoms with van der Waals surface area (Å²) in [7, 11) is 0. The van der Waals surface area contributed by atoms with Crippen molar-refractivity contribution in [2.45, 2.75) is 18.7 Å². The van der Waals surface area contributed by atoms with Crippen molar-refractivity contribution in [3.8, 4) is 5.69 Å². The van der Waals surface area contributed by atoms with Gasteiger partial charge in [-0.25, -0.2) is 4.68 Å². The zero-order valence-corrected chi connectivity index (χ0v) is 13.2. The molecule has 1 amide bonds. The van der Waals surface area contributed by atoms with E-state index >= 15 is 0 Å². The molecule has 1 aliphatic heterocycles. The maximum atomic E-state index is 11.6. The molecule has 1 aromatic heterocycles. The van der Waals surface area contributed by atoms with Gasteiger partial charge in [0.2, 0.25) is 0 Å². The van der Waals surface area contributed by atoms with Crippen LogP contribution in [-0.4, -0.2) is 28.8 Å². The number of carbonyl (C=O) groups excluding carboxylic acids is 1. The molecule has 4 rings (SSSR count). The Morgan fingerprint density at radius 2 is 2.12 bits per heavy atom. The van der Waals surface area contributed by atoms with Crippen LogP contribution in [0.15, 0.2) is 48.7 Å². The average molecular weight is 322 g/mol. The van der Waals surface area contributed by atoms with E-state index in [1.807, 2.05) is 36.5 Å². The summed E-state index contributed by atoms with van der Waals surface area (Å²) < 4.78 is 18.2. The normalized spacial score (nSPS) is 21.2. The first-order valence-corrected chi connectivity index (χ1v) is 8.05. The van der Waals surface area contributed by atoms with Gasteiger partial charge in [-0.2, -0.15) is 5.10 Å². The summed E-state index contributed by atoms with van der Waals surface area (Å²) >= 11 is 0. The number of aromatic nitrogens is 2. The van der Waals surface area contributed by atoms with E-state index in [0.29, 0.717) is 30.6 Å². The maximum absolute atomic E-state index is 11.6. The average Bonchev–Trinajstić information content (AvgIpc) is 3.05. The first-order chi connectivity index (χ1) is 12.5. The molecular weight excluding hydrogens is 300 g/mol. The molecule has 0 spiro atoms. The second-order valence-electron chi connectivity index (χ2n) is 5.98. The van der Waals surface area contributed by atoms with Gasteiger partial charge in [0, 0.05) is 20.9 Å². The number of fused-ring (bicyclic) bond motifs is 1. The highest BCUT2D eigenvalue weighted by Crippen LogP contribution is 2.25. The topological polar surface area (TPSA) is 72.9 Å². The molecule has 24 heavy (non-hydrogen) atoms. The molecule has 1 atom stereocenters. The number of primary amides is 1. The van der Waals surface area contributed by atoms with E-state index in [4.69, 9.17) is 8.48 Å². The number of piperidine rings is 1. The van der Waals surface area contributed by atoms with Crippen molar-refractivity contribution in [2.24, 2.45) is 5.73 Å². The van der Waals surface area contributed by atoms with E-state index in [1.165, 1.54) is 0 Å². The first-order valence-electron chi connectivity index (χ1n) is 9.05. The molecule has 2 heterocycles. The molecule has 5 heteroatoms. The van der Waals surface area contributed by atoms with Gasteiger partial charge >= 0.3 is 0 Å². The van der Waals surface area contributed by atoms with E-state index < -0.39 is 12.3 Å². The monoisotopic (exact) mass is 322 g/mol. The Hall–Kier alpha value is -2.66. The minimum atomic E-state index is -1.20. The summed E-state index contributed by atoms with van der Waals surface area (Å²) in [5.74, 6) is -0.660. The summed E-state index contributed by atoms with van der Waals surface area (Å²) in [5.41, 5.74) is 8.23. The fraction of sp³-hybridized carbons (Fsp3) is 0.263. The lowest BCUT2D eigenvalue weighted by molar-refractivity contribution is 0.100. The van der Waals surface area contributed by atoms with Crippen LogP contribution in [0.1, 0.15) is 37.4 Å². The van der Waals surface area contributed by atoms with Crippen LogP contribution in [0.5, 0.6) is 0 Å². The molecule has 3 aromatic rings. The predicted octanol–water partition coefficient (Wildman–Crippen LogP) is 2.59. The van der Waals surface area contributed by atoms with Gasteiger partial charge in [0.1, 0.15) is 5.52 Å². The summed E-state index contributed by atoms with van der Waals surface area (Å²) in [5, 5.41) is 8.62. The van der Waals surface area contributed by atoms with Gasteiger partial charge in [0.05, 0.1) is 11.3 Å². The molecule has 0 bridgehead atoms. The highest BCUT2D eigenvalue weighted by molar-refractivity contribution is 6.04. The quantitative estimate of drug-likeness (QED) is 0.778. The van der Waals surface area contributed by atoms with Crippen molar-refractivity contribution in [3.63, 3.8) is 0 Å². The Kier molecular flexibility index (Phi) is 3.23. The largest absolute Gasteiger partial charge is 0.366 e. The minimum absolute atomic E-state index is 0.163. The van der Waals surface area contributed by atoms with E-state index in [9.17, 15) is 4.79 Å². The number of nitrogens with two attached hydrogens (primary N) is 1. The predicted molar refractivity (Wildman–Crippen MR) is 94.4 cm³/mol. The fourth-order valence-electron chi connectivity index (χ4n) is 3.13. The van der Waals surface area contributed by atoms with Gasteiger partial charge in [-0.3, -0.25) is 4.79 Å². The van der Waals surface area contributed by atoms with Crippen LogP contribution in [0.2, 0.25) is 0 Å². The molecule has 0 saturated carbocycles. The Morgan fingerprint density at radius 1 is 1.29 bits per heavy atom. The van der Waals surface area contributed by atoms with Crippen molar-refractivity contribution in [1.82, 2.24) is 15.1 Å². The summed E-state index contributed by atoms with van der Waals surface area (Å²) in [6.45, 7) is 1.35. The van der Waals surface area contributed by atoms with Gasteiger partial charge in [0.15, 0.2) is 0 Å². The van der Waals surface area contributed by atoms with E-state index in [1.54, 1.807) is 16.8 Å². The lowest BCUT2D eigenvalue weighted by Crippen LogP contribution is -2.28. The van der Waals surface area contributed by atoms with Gasteiger partial charge < -0.3 is 11.1 Å². The summed E-state index contributed by atoms with van der Waals surface area (Å²) in [6.07, 6.45) is 1.17. The van der Waals surface area contributed by atoms with Crippen molar-refractivity contribution in [1.29, 1.82) is 0 Å². The zero-order valence-electron chi connectivity index (χ0n) is 15.2. The number of rotatable bonds is 3. The van der Waals surface area contributed by atoms with E-state index in [2.05, 4.69) is 10.4 Å². The van der Waals surface area contributed by atoms with Crippen LogP contribution >= 0.6 is 0 Å². The second kappa shape index (κ2) is 6.09. The van der Waals surface area contributed by atoms with Crippen LogP contribution in [-0.2, 0) is 0 Å². The molecule has 2 aromatic carbocycles. The zero-order chi connectivity index (χ0) is 18.3. The van der Waals surface area contributed by atoms with Crippen LogP contribution in [0, 0.1) is 0 Å². The highest BCUT2D eigenvalue weighted by Gasteiger charge is 2.15. The Labute approximate surface area is 143 Å². The molecule has 3 N–H and O–H groups in total. The fourth-order valence-corrected chi connectivity index (χ4v) is 3.13. The third-order valence-corrected chi connectivity index (χ3v) is 4.40. The van der Waals surface area contributed by atoms with Crippen LogP contribution in [0.4, 0.5) is 0 Å². The number of hydrogen-bond acceptors (Lipinski definition) is 3. The summed E-state index contributed by atoms with van der Waals surface area (Å²) in [6, 6.07) is 13.1. The Bertz CT molecular complexity index is 965. The first kappa shape index (κ1) is 12.7. The van der Waals surface area contributed by atoms with Crippen LogP contribution in [0.3, 0.4) is 0 Å². The molecular formula is C19H20N4O.